The first-order valence-electron chi connectivity index (χ1n) is 9.83. The van der Waals surface area contributed by atoms with Crippen molar-refractivity contribution in [2.75, 3.05) is 14.2 Å². The zero-order chi connectivity index (χ0) is 23.1. The van der Waals surface area contributed by atoms with Gasteiger partial charge in [-0.05, 0) is 65.8 Å². The number of aliphatic imine (C=N–C) groups is 1. The Labute approximate surface area is 190 Å². The Bertz CT molecular complexity index is 1110. The SMILES string of the molecule is COc1cc(C=C(CCc2ccc(N=C(N)c3cccs3)cc2)C(N)=O)cc(OC)c1O. The number of phenols is 1. The highest BCUT2D eigenvalue weighted by molar-refractivity contribution is 7.12. The van der Waals surface area contributed by atoms with Crippen molar-refractivity contribution >= 4 is 34.8 Å². The predicted molar refractivity (Wildman–Crippen MR) is 128 cm³/mol. The van der Waals surface area contributed by atoms with Crippen molar-refractivity contribution in [3.63, 3.8) is 0 Å². The van der Waals surface area contributed by atoms with Crippen LogP contribution in [0.25, 0.3) is 6.08 Å². The second kappa shape index (κ2) is 10.5. The molecule has 0 saturated carbocycles. The van der Waals surface area contributed by atoms with Crippen molar-refractivity contribution in [2.45, 2.75) is 12.8 Å². The molecule has 8 heteroatoms. The van der Waals surface area contributed by atoms with Crippen LogP contribution in [0.1, 0.15) is 22.4 Å². The number of hydrogen-bond donors (Lipinski definition) is 3. The van der Waals surface area contributed by atoms with E-state index in [0.29, 0.717) is 29.8 Å². The highest BCUT2D eigenvalue weighted by Gasteiger charge is 2.12. The van der Waals surface area contributed by atoms with Gasteiger partial charge < -0.3 is 26.0 Å². The van der Waals surface area contributed by atoms with Crippen LogP contribution in [0.4, 0.5) is 5.69 Å². The summed E-state index contributed by atoms with van der Waals surface area (Å²) >= 11 is 1.54. The molecule has 0 bridgehead atoms. The maximum atomic E-state index is 12.0. The molecule has 7 nitrogen and oxygen atoms in total. The fraction of sp³-hybridized carbons (Fsp3) is 0.167. The summed E-state index contributed by atoms with van der Waals surface area (Å²) < 4.78 is 10.3. The Balaban J connectivity index is 1.74. The molecular weight excluding hydrogens is 426 g/mol. The van der Waals surface area contributed by atoms with Crippen molar-refractivity contribution in [1.29, 1.82) is 0 Å². The van der Waals surface area contributed by atoms with Gasteiger partial charge in [0.05, 0.1) is 24.8 Å². The van der Waals surface area contributed by atoms with E-state index in [-0.39, 0.29) is 17.2 Å². The first-order chi connectivity index (χ1) is 15.4. The molecule has 166 valence electrons. The third-order valence-corrected chi connectivity index (χ3v) is 5.69. The number of phenolic OH excluding ortho intramolecular Hbond substituents is 1. The summed E-state index contributed by atoms with van der Waals surface area (Å²) in [6, 6.07) is 14.8. The molecule has 0 aliphatic carbocycles. The smallest absolute Gasteiger partial charge is 0.244 e. The number of amides is 1. The summed E-state index contributed by atoms with van der Waals surface area (Å²) in [7, 11) is 2.89. The molecule has 1 amide bonds. The maximum Gasteiger partial charge on any atom is 0.244 e. The third kappa shape index (κ3) is 5.67. The number of carbonyl (C=O) groups is 1. The number of rotatable bonds is 9. The molecule has 32 heavy (non-hydrogen) atoms. The van der Waals surface area contributed by atoms with Crippen molar-refractivity contribution in [1.82, 2.24) is 0 Å². The summed E-state index contributed by atoms with van der Waals surface area (Å²) in [5.74, 6) is 0.359. The van der Waals surface area contributed by atoms with Gasteiger partial charge in [-0.25, -0.2) is 4.99 Å². The number of ether oxygens (including phenoxy) is 2. The molecular formula is C24H25N3O4S. The average molecular weight is 452 g/mol. The number of aryl methyl sites for hydroxylation is 1. The largest absolute Gasteiger partial charge is 0.502 e. The van der Waals surface area contributed by atoms with Crippen LogP contribution in [0.15, 0.2) is 64.5 Å². The lowest BCUT2D eigenvalue weighted by Crippen LogP contribution is -2.14. The van der Waals surface area contributed by atoms with Gasteiger partial charge in [0.2, 0.25) is 11.7 Å². The summed E-state index contributed by atoms with van der Waals surface area (Å²) in [6.45, 7) is 0. The lowest BCUT2D eigenvalue weighted by molar-refractivity contribution is -0.114. The van der Waals surface area contributed by atoms with E-state index in [4.69, 9.17) is 20.9 Å². The van der Waals surface area contributed by atoms with Gasteiger partial charge in [-0.1, -0.05) is 18.2 Å². The second-order valence-electron chi connectivity index (χ2n) is 6.95. The minimum absolute atomic E-state index is 0.102. The fourth-order valence-electron chi connectivity index (χ4n) is 3.10. The molecule has 0 saturated heterocycles. The van der Waals surface area contributed by atoms with E-state index >= 15 is 0 Å². The highest BCUT2D eigenvalue weighted by Crippen LogP contribution is 2.37. The van der Waals surface area contributed by atoms with Gasteiger partial charge in [0, 0.05) is 5.57 Å². The number of carbonyl (C=O) groups excluding carboxylic acids is 1. The van der Waals surface area contributed by atoms with Crippen LogP contribution in [0.2, 0.25) is 0 Å². The van der Waals surface area contributed by atoms with Crippen LogP contribution < -0.4 is 20.9 Å². The van der Waals surface area contributed by atoms with Gasteiger partial charge in [0.25, 0.3) is 0 Å². The van der Waals surface area contributed by atoms with Crippen LogP contribution in [0.3, 0.4) is 0 Å². The average Bonchev–Trinajstić information content (AvgIpc) is 3.33. The molecule has 1 aromatic heterocycles. The van der Waals surface area contributed by atoms with Crippen molar-refractivity contribution < 1.29 is 19.4 Å². The Morgan fingerprint density at radius 2 is 1.75 bits per heavy atom. The van der Waals surface area contributed by atoms with Crippen LogP contribution in [0.5, 0.6) is 17.2 Å². The summed E-state index contributed by atoms with van der Waals surface area (Å²) in [5.41, 5.74) is 14.5. The summed E-state index contributed by atoms with van der Waals surface area (Å²) in [5, 5.41) is 12.0. The molecule has 0 fully saturated rings. The number of primary amides is 1. The van der Waals surface area contributed by atoms with Gasteiger partial charge >= 0.3 is 0 Å². The van der Waals surface area contributed by atoms with Gasteiger partial charge in [-0.2, -0.15) is 0 Å². The molecule has 0 atom stereocenters. The normalized spacial score (nSPS) is 11.9. The first kappa shape index (κ1) is 22.9. The van der Waals surface area contributed by atoms with Crippen molar-refractivity contribution in [3.8, 4) is 17.2 Å². The Morgan fingerprint density at radius 1 is 1.09 bits per heavy atom. The number of hydrogen-bond acceptors (Lipinski definition) is 6. The molecule has 0 spiro atoms. The van der Waals surface area contributed by atoms with E-state index in [1.807, 2.05) is 41.8 Å². The van der Waals surface area contributed by atoms with Gasteiger partial charge in [-0.3, -0.25) is 4.79 Å². The van der Waals surface area contributed by atoms with E-state index in [9.17, 15) is 9.90 Å². The second-order valence-corrected chi connectivity index (χ2v) is 7.90. The van der Waals surface area contributed by atoms with Crippen LogP contribution >= 0.6 is 11.3 Å². The molecule has 0 unspecified atom stereocenters. The molecule has 1 heterocycles. The minimum atomic E-state index is -0.513. The Morgan fingerprint density at radius 3 is 2.28 bits per heavy atom. The monoisotopic (exact) mass is 451 g/mol. The van der Waals surface area contributed by atoms with Gasteiger partial charge in [-0.15, -0.1) is 11.3 Å². The lowest BCUT2D eigenvalue weighted by Gasteiger charge is -2.10. The van der Waals surface area contributed by atoms with E-state index in [0.717, 1.165) is 16.1 Å². The third-order valence-electron chi connectivity index (χ3n) is 4.80. The molecule has 3 aromatic rings. The first-order valence-corrected chi connectivity index (χ1v) is 10.7. The van der Waals surface area contributed by atoms with Gasteiger partial charge in [0.15, 0.2) is 11.5 Å². The van der Waals surface area contributed by atoms with Crippen molar-refractivity contribution in [3.05, 3.63) is 75.5 Å². The van der Waals surface area contributed by atoms with E-state index in [1.54, 1.807) is 18.2 Å². The Kier molecular flexibility index (Phi) is 7.51. The van der Waals surface area contributed by atoms with Crippen LogP contribution in [-0.2, 0) is 11.2 Å². The fourth-order valence-corrected chi connectivity index (χ4v) is 3.73. The molecule has 0 aliphatic heterocycles. The van der Waals surface area contributed by atoms with Crippen molar-refractivity contribution in [2.24, 2.45) is 16.5 Å². The predicted octanol–water partition coefficient (Wildman–Crippen LogP) is 4.01. The number of aromatic hydroxyl groups is 1. The number of nitrogens with zero attached hydrogens (tertiary/aromatic N) is 1. The highest BCUT2D eigenvalue weighted by atomic mass is 32.1. The lowest BCUT2D eigenvalue weighted by atomic mass is 10.0. The minimum Gasteiger partial charge on any atom is -0.502 e. The Hall–Kier alpha value is -3.78. The van der Waals surface area contributed by atoms with Crippen LogP contribution in [-0.4, -0.2) is 31.1 Å². The number of methoxy groups -OCH3 is 2. The maximum absolute atomic E-state index is 12.0. The molecule has 5 N–H and O–H groups in total. The number of thiophene rings is 1. The van der Waals surface area contributed by atoms with Crippen LogP contribution in [0, 0.1) is 0 Å². The topological polar surface area (TPSA) is 120 Å². The number of amidine groups is 1. The zero-order valence-corrected chi connectivity index (χ0v) is 18.7. The van der Waals surface area contributed by atoms with E-state index in [1.165, 1.54) is 25.6 Å². The number of nitrogens with two attached hydrogens (primary N) is 2. The molecule has 0 radical (unpaired) electrons. The summed E-state index contributed by atoms with van der Waals surface area (Å²) in [4.78, 5) is 17.4. The molecule has 0 aliphatic rings. The van der Waals surface area contributed by atoms with Gasteiger partial charge in [0.1, 0.15) is 5.84 Å². The molecule has 3 rings (SSSR count). The summed E-state index contributed by atoms with van der Waals surface area (Å²) in [6.07, 6.45) is 2.74. The quantitative estimate of drug-likeness (QED) is 0.258. The standard InChI is InChI=1S/C24H25N3O4S/c1-30-19-13-16(14-20(31-2)22(19)28)12-17(24(26)29)8-5-15-6-9-18(10-7-15)27-23(25)21-4-3-11-32-21/h3-4,6-7,9-14,28H,5,8H2,1-2H3,(H2,25,27)(H2,26,29). The van der Waals surface area contributed by atoms with E-state index in [2.05, 4.69) is 4.99 Å². The zero-order valence-electron chi connectivity index (χ0n) is 17.9. The molecule has 2 aromatic carbocycles. The number of benzene rings is 2. The van der Waals surface area contributed by atoms with E-state index < -0.39 is 5.91 Å².